The molecule has 1 aliphatic carbocycles. The molecule has 0 saturated carbocycles. The summed E-state index contributed by atoms with van der Waals surface area (Å²) in [5.41, 5.74) is 6.73. The maximum Gasteiger partial charge on any atom is 0.462 e. The van der Waals surface area contributed by atoms with Crippen molar-refractivity contribution in [3.05, 3.63) is 54.0 Å². The Kier molecular flexibility index (Phi) is 7.65. The van der Waals surface area contributed by atoms with E-state index in [0.29, 0.717) is 23.3 Å². The van der Waals surface area contributed by atoms with Crippen LogP contribution >= 0.6 is 19.3 Å². The lowest BCUT2D eigenvalue weighted by Gasteiger charge is -2.35. The van der Waals surface area contributed by atoms with Crippen LogP contribution in [0.4, 0.5) is 5.95 Å². The van der Waals surface area contributed by atoms with Crippen LogP contribution in [0.1, 0.15) is 33.2 Å². The van der Waals surface area contributed by atoms with Gasteiger partial charge >= 0.3 is 13.7 Å². The predicted molar refractivity (Wildman–Crippen MR) is 136 cm³/mol. The van der Waals surface area contributed by atoms with Crippen LogP contribution in [0.5, 0.6) is 5.75 Å². The van der Waals surface area contributed by atoms with Crippen molar-refractivity contribution >= 4 is 42.4 Å². The SMILES string of the molecule is CC(C)N(C(C)C(=O)O)P(=O)(OC[C@@H]1C=C[C@H](n2cnc3c(Cl)nc(N)nc32)C1)Oc1ccccc1. The van der Waals surface area contributed by atoms with Gasteiger partial charge < -0.3 is 19.9 Å². The van der Waals surface area contributed by atoms with Crippen LogP contribution in [0.15, 0.2) is 48.8 Å². The van der Waals surface area contributed by atoms with Gasteiger partial charge in [0, 0.05) is 12.0 Å². The summed E-state index contributed by atoms with van der Waals surface area (Å²) >= 11 is 6.14. The van der Waals surface area contributed by atoms with Gasteiger partial charge in [0.1, 0.15) is 17.3 Å². The van der Waals surface area contributed by atoms with Gasteiger partial charge in [0.15, 0.2) is 10.8 Å². The number of nitrogens with two attached hydrogens (primary N) is 1. The molecule has 3 N–H and O–H groups in total. The maximum atomic E-state index is 14.1. The van der Waals surface area contributed by atoms with E-state index in [1.807, 2.05) is 16.7 Å². The lowest BCUT2D eigenvalue weighted by Crippen LogP contribution is -2.42. The highest BCUT2D eigenvalue weighted by Crippen LogP contribution is 2.55. The van der Waals surface area contributed by atoms with E-state index < -0.39 is 25.8 Å². The van der Waals surface area contributed by atoms with Gasteiger partial charge in [-0.15, -0.1) is 0 Å². The highest BCUT2D eigenvalue weighted by molar-refractivity contribution is 7.51. The van der Waals surface area contributed by atoms with Gasteiger partial charge in [0.05, 0.1) is 19.0 Å². The van der Waals surface area contributed by atoms with Crippen molar-refractivity contribution in [2.75, 3.05) is 12.3 Å². The molecule has 0 fully saturated rings. The number of benzene rings is 1. The zero-order valence-electron chi connectivity index (χ0n) is 20.1. The Labute approximate surface area is 213 Å². The number of allylic oxidation sites excluding steroid dienone is 1. The fraction of sp³-hybridized carbons (Fsp3) is 0.391. The third-order valence-electron chi connectivity index (χ3n) is 5.88. The van der Waals surface area contributed by atoms with E-state index in [0.717, 1.165) is 0 Å². The average Bonchev–Trinajstić information content (AvgIpc) is 3.45. The first-order valence-corrected chi connectivity index (χ1v) is 13.3. The van der Waals surface area contributed by atoms with E-state index in [2.05, 4.69) is 15.0 Å². The van der Waals surface area contributed by atoms with Crippen LogP contribution in [-0.2, 0) is 13.9 Å². The molecule has 1 aromatic carbocycles. The van der Waals surface area contributed by atoms with E-state index in [1.54, 1.807) is 50.5 Å². The van der Waals surface area contributed by atoms with E-state index in [1.165, 1.54) is 11.6 Å². The second kappa shape index (κ2) is 10.6. The van der Waals surface area contributed by atoms with Gasteiger partial charge in [-0.3, -0.25) is 9.32 Å². The Balaban J connectivity index is 1.54. The lowest BCUT2D eigenvalue weighted by molar-refractivity contribution is -0.141. The molecule has 2 unspecified atom stereocenters. The first kappa shape index (κ1) is 26.1. The number of hydrogen-bond acceptors (Lipinski definition) is 8. The number of carboxylic acid groups (broad SMARTS) is 1. The number of aromatic nitrogens is 4. The number of carbonyl (C=O) groups is 1. The Morgan fingerprint density at radius 2 is 2.00 bits per heavy atom. The van der Waals surface area contributed by atoms with Crippen molar-refractivity contribution in [1.29, 1.82) is 0 Å². The number of para-hydroxylation sites is 1. The monoisotopic (exact) mass is 534 g/mol. The normalized spacial score (nSPS) is 20.2. The molecule has 2 aromatic heterocycles. The summed E-state index contributed by atoms with van der Waals surface area (Å²) in [5.74, 6) is -0.875. The van der Waals surface area contributed by atoms with Crippen LogP contribution in [0, 0.1) is 5.92 Å². The largest absolute Gasteiger partial charge is 0.480 e. The highest BCUT2D eigenvalue weighted by atomic mass is 35.5. The number of carboxylic acids is 1. The van der Waals surface area contributed by atoms with E-state index >= 15 is 0 Å². The highest BCUT2D eigenvalue weighted by Gasteiger charge is 2.44. The van der Waals surface area contributed by atoms with E-state index in [9.17, 15) is 14.5 Å². The third-order valence-corrected chi connectivity index (χ3v) is 8.44. The number of anilines is 1. The number of nitrogen functional groups attached to an aromatic ring is 1. The molecule has 4 rings (SSSR count). The molecule has 13 heteroatoms. The fourth-order valence-corrected chi connectivity index (χ4v) is 6.58. The molecule has 0 amide bonds. The van der Waals surface area contributed by atoms with Crippen molar-refractivity contribution < 1.29 is 23.5 Å². The van der Waals surface area contributed by atoms with Gasteiger partial charge in [0.2, 0.25) is 5.95 Å². The number of fused-ring (bicyclic) bond motifs is 1. The topological polar surface area (TPSA) is 146 Å². The average molecular weight is 535 g/mol. The molecule has 1 aliphatic rings. The van der Waals surface area contributed by atoms with Crippen molar-refractivity contribution in [3.8, 4) is 5.75 Å². The minimum absolute atomic E-state index is 0.0523. The van der Waals surface area contributed by atoms with Crippen LogP contribution in [0.3, 0.4) is 0 Å². The van der Waals surface area contributed by atoms with Crippen molar-refractivity contribution in [2.24, 2.45) is 5.92 Å². The zero-order chi connectivity index (χ0) is 26.0. The maximum absolute atomic E-state index is 14.1. The van der Waals surface area contributed by atoms with Gasteiger partial charge in [-0.2, -0.15) is 14.6 Å². The third kappa shape index (κ3) is 5.39. The Hall–Kier alpha value is -2.98. The standard InChI is InChI=1S/C23H28ClN6O5P/c1-14(2)30(15(3)22(31)32)36(33,35-18-7-5-4-6-8-18)34-12-16-9-10-17(11-16)29-13-26-19-20(24)27-23(25)28-21(19)29/h4-10,13-17H,11-12H2,1-3H3,(H,31,32)(H2,25,27,28)/t15?,16-,17+,36?/m1/s1. The Morgan fingerprint density at radius 3 is 2.67 bits per heavy atom. The molecular formula is C23H28ClN6O5P. The molecule has 0 spiro atoms. The number of imidazole rings is 1. The lowest BCUT2D eigenvalue weighted by atomic mass is 10.1. The summed E-state index contributed by atoms with van der Waals surface area (Å²) in [5, 5.41) is 9.83. The van der Waals surface area contributed by atoms with Gasteiger partial charge in [-0.05, 0) is 39.3 Å². The van der Waals surface area contributed by atoms with Crippen molar-refractivity contribution in [3.63, 3.8) is 0 Å². The summed E-state index contributed by atoms with van der Waals surface area (Å²) in [6.45, 7) is 5.01. The smallest absolute Gasteiger partial charge is 0.462 e. The number of aliphatic carboxylic acids is 1. The zero-order valence-corrected chi connectivity index (χ0v) is 21.7. The second-order valence-corrected chi connectivity index (χ2v) is 11.0. The summed E-state index contributed by atoms with van der Waals surface area (Å²) in [4.78, 5) is 24.3. The molecule has 0 radical (unpaired) electrons. The first-order chi connectivity index (χ1) is 17.1. The summed E-state index contributed by atoms with van der Waals surface area (Å²) < 4.78 is 29.1. The van der Waals surface area contributed by atoms with Crippen molar-refractivity contribution in [2.45, 2.75) is 45.3 Å². The van der Waals surface area contributed by atoms with Gasteiger partial charge in [0.25, 0.3) is 0 Å². The molecular weight excluding hydrogens is 507 g/mol. The van der Waals surface area contributed by atoms with Gasteiger partial charge in [-0.25, -0.2) is 9.55 Å². The summed E-state index contributed by atoms with van der Waals surface area (Å²) in [7, 11) is -4.06. The van der Waals surface area contributed by atoms with Crippen molar-refractivity contribution in [1.82, 2.24) is 24.2 Å². The number of hydrogen-bond donors (Lipinski definition) is 2. The molecule has 0 bridgehead atoms. The first-order valence-electron chi connectivity index (χ1n) is 11.4. The molecule has 3 aromatic rings. The van der Waals surface area contributed by atoms with Gasteiger partial charge in [-0.1, -0.05) is 42.0 Å². The Morgan fingerprint density at radius 1 is 1.28 bits per heavy atom. The molecule has 2 heterocycles. The molecule has 0 aliphatic heterocycles. The molecule has 192 valence electrons. The quantitative estimate of drug-likeness (QED) is 0.215. The molecule has 0 saturated heterocycles. The molecule has 4 atom stereocenters. The van der Waals surface area contributed by atoms with Crippen LogP contribution < -0.4 is 10.3 Å². The van der Waals surface area contributed by atoms with Crippen LogP contribution in [0.25, 0.3) is 11.2 Å². The van der Waals surface area contributed by atoms with Crippen LogP contribution in [-0.4, -0.2) is 54.0 Å². The molecule has 36 heavy (non-hydrogen) atoms. The summed E-state index contributed by atoms with van der Waals surface area (Å²) in [6.07, 6.45) is 6.16. The van der Waals surface area contributed by atoms with E-state index in [-0.39, 0.29) is 29.7 Å². The fourth-order valence-electron chi connectivity index (χ4n) is 4.22. The number of rotatable bonds is 10. The predicted octanol–water partition coefficient (Wildman–Crippen LogP) is 4.57. The second-order valence-electron chi connectivity index (χ2n) is 8.80. The van der Waals surface area contributed by atoms with E-state index in [4.69, 9.17) is 26.4 Å². The van der Waals surface area contributed by atoms with Crippen LogP contribution in [0.2, 0.25) is 5.15 Å². The minimum atomic E-state index is -4.06. The number of halogens is 1. The molecule has 11 nitrogen and oxygen atoms in total. The number of nitrogens with zero attached hydrogens (tertiary/aromatic N) is 5. The Bertz CT molecular complexity index is 1320. The summed E-state index contributed by atoms with van der Waals surface area (Å²) in [6, 6.07) is 6.94. The minimum Gasteiger partial charge on any atom is -0.480 e.